The lowest BCUT2D eigenvalue weighted by Gasteiger charge is -2.34. The fourth-order valence-corrected chi connectivity index (χ4v) is 2.04. The number of fused-ring (bicyclic) bond motifs is 1. The van der Waals surface area contributed by atoms with Gasteiger partial charge in [-0.25, -0.2) is 10.4 Å². The van der Waals surface area contributed by atoms with E-state index in [-0.39, 0.29) is 6.61 Å². The minimum Gasteiger partial charge on any atom is -0.466 e. The van der Waals surface area contributed by atoms with E-state index in [2.05, 4.69) is 10.2 Å². The van der Waals surface area contributed by atoms with Crippen molar-refractivity contribution in [1.29, 1.82) is 0 Å². The third kappa shape index (κ3) is 2.24. The highest BCUT2D eigenvalue weighted by Gasteiger charge is 2.64. The summed E-state index contributed by atoms with van der Waals surface area (Å²) in [5, 5.41) is 1.23. The molecule has 17 heavy (non-hydrogen) atoms. The molecule has 5 nitrogen and oxygen atoms in total. The molecule has 0 saturated carbocycles. The van der Waals surface area contributed by atoms with Gasteiger partial charge >= 0.3 is 12.1 Å². The van der Waals surface area contributed by atoms with Crippen LogP contribution in [0, 0.1) is 5.92 Å². The summed E-state index contributed by atoms with van der Waals surface area (Å²) < 4.78 is 48.1. The molecule has 2 aliphatic rings. The van der Waals surface area contributed by atoms with Gasteiger partial charge in [0, 0.05) is 7.05 Å². The first-order chi connectivity index (χ1) is 7.86. The van der Waals surface area contributed by atoms with Crippen LogP contribution in [-0.4, -0.2) is 49.2 Å². The van der Waals surface area contributed by atoms with Gasteiger partial charge in [0.05, 0.1) is 6.61 Å². The number of esters is 1. The van der Waals surface area contributed by atoms with E-state index in [0.29, 0.717) is 0 Å². The summed E-state index contributed by atoms with van der Waals surface area (Å²) >= 11 is 0. The summed E-state index contributed by atoms with van der Waals surface area (Å²) in [6, 6.07) is -1.96. The van der Waals surface area contributed by atoms with Crippen LogP contribution in [0.3, 0.4) is 0 Å². The molecule has 1 N–H and O–H groups in total. The number of carbonyl (C=O) groups is 1. The van der Waals surface area contributed by atoms with Crippen LogP contribution in [0.5, 0.6) is 0 Å². The van der Waals surface area contributed by atoms with Gasteiger partial charge < -0.3 is 9.47 Å². The van der Waals surface area contributed by atoms with Gasteiger partial charge in [-0.05, 0) is 6.92 Å². The highest BCUT2D eigenvalue weighted by molar-refractivity contribution is 5.75. The minimum atomic E-state index is -4.53. The van der Waals surface area contributed by atoms with Crippen molar-refractivity contribution in [1.82, 2.24) is 10.4 Å². The Bertz CT molecular complexity index is 323. The third-order valence-electron chi connectivity index (χ3n) is 2.85. The van der Waals surface area contributed by atoms with E-state index in [4.69, 9.17) is 4.74 Å². The summed E-state index contributed by atoms with van der Waals surface area (Å²) in [5.74, 6) is -2.21. The number of epoxide rings is 1. The van der Waals surface area contributed by atoms with Crippen molar-refractivity contribution in [3.05, 3.63) is 0 Å². The van der Waals surface area contributed by atoms with Gasteiger partial charge in [0.2, 0.25) is 0 Å². The largest absolute Gasteiger partial charge is 0.466 e. The van der Waals surface area contributed by atoms with Crippen LogP contribution in [0.2, 0.25) is 0 Å². The van der Waals surface area contributed by atoms with Crippen molar-refractivity contribution in [3.63, 3.8) is 0 Å². The number of rotatable bonds is 2. The van der Waals surface area contributed by atoms with E-state index in [1.54, 1.807) is 6.92 Å². The van der Waals surface area contributed by atoms with E-state index in [9.17, 15) is 18.0 Å². The SMILES string of the molecule is CCOC(=O)C1C2OC2N(C)NC1C(F)(F)F. The first kappa shape index (κ1) is 12.6. The second kappa shape index (κ2) is 4.11. The van der Waals surface area contributed by atoms with Gasteiger partial charge in [0.15, 0.2) is 6.23 Å². The molecule has 2 fully saturated rings. The maximum Gasteiger partial charge on any atom is 0.406 e. The quantitative estimate of drug-likeness (QED) is 0.566. The number of hydrazine groups is 1. The number of ether oxygens (including phenoxy) is 2. The molecule has 2 saturated heterocycles. The summed E-state index contributed by atoms with van der Waals surface area (Å²) in [4.78, 5) is 11.5. The van der Waals surface area contributed by atoms with Crippen molar-refractivity contribution in [3.8, 4) is 0 Å². The number of nitrogens with zero attached hydrogens (tertiary/aromatic N) is 1. The molecule has 2 heterocycles. The van der Waals surface area contributed by atoms with E-state index in [0.717, 1.165) is 0 Å². The Morgan fingerprint density at radius 1 is 1.53 bits per heavy atom. The van der Waals surface area contributed by atoms with Crippen LogP contribution >= 0.6 is 0 Å². The average molecular weight is 254 g/mol. The zero-order valence-electron chi connectivity index (χ0n) is 9.32. The molecule has 0 radical (unpaired) electrons. The molecule has 0 bridgehead atoms. The molecule has 0 aromatic rings. The summed E-state index contributed by atoms with van der Waals surface area (Å²) in [5.41, 5.74) is 2.22. The molecule has 0 aromatic carbocycles. The molecule has 8 heteroatoms. The highest BCUT2D eigenvalue weighted by atomic mass is 19.4. The number of alkyl halides is 3. The molecule has 4 unspecified atom stereocenters. The average Bonchev–Trinajstić information content (AvgIpc) is 2.96. The van der Waals surface area contributed by atoms with Gasteiger partial charge in [-0.15, -0.1) is 0 Å². The van der Waals surface area contributed by atoms with Gasteiger partial charge in [-0.3, -0.25) is 4.79 Å². The Morgan fingerprint density at radius 3 is 2.71 bits per heavy atom. The number of hydrogen-bond acceptors (Lipinski definition) is 5. The maximum absolute atomic E-state index is 12.8. The molecule has 0 spiro atoms. The van der Waals surface area contributed by atoms with E-state index < -0.39 is 36.4 Å². The fourth-order valence-electron chi connectivity index (χ4n) is 2.04. The predicted octanol–water partition coefficient (Wildman–Crippen LogP) is 0.272. The zero-order chi connectivity index (χ0) is 12.8. The maximum atomic E-state index is 12.8. The molecule has 2 aliphatic heterocycles. The molecule has 0 aliphatic carbocycles. The van der Waals surface area contributed by atoms with Crippen LogP contribution in [-0.2, 0) is 14.3 Å². The van der Waals surface area contributed by atoms with Crippen molar-refractivity contribution in [2.75, 3.05) is 13.7 Å². The van der Waals surface area contributed by atoms with Gasteiger partial charge in [-0.1, -0.05) is 0 Å². The highest BCUT2D eigenvalue weighted by Crippen LogP contribution is 2.42. The number of likely N-dealkylation sites (N-methyl/N-ethyl adjacent to an activating group) is 1. The minimum absolute atomic E-state index is 0.0487. The fraction of sp³-hybridized carbons (Fsp3) is 0.889. The van der Waals surface area contributed by atoms with Crippen molar-refractivity contribution in [2.24, 2.45) is 5.92 Å². The Hall–Kier alpha value is -0.860. The summed E-state index contributed by atoms with van der Waals surface area (Å²) in [6.07, 6.45) is -5.75. The van der Waals surface area contributed by atoms with E-state index in [1.807, 2.05) is 0 Å². The Balaban J connectivity index is 2.17. The molecule has 4 atom stereocenters. The summed E-state index contributed by atoms with van der Waals surface area (Å²) in [6.45, 7) is 1.60. The van der Waals surface area contributed by atoms with Crippen molar-refractivity contribution in [2.45, 2.75) is 31.5 Å². The molecular weight excluding hydrogens is 241 g/mol. The molecule has 0 aromatic heterocycles. The summed E-state index contributed by atoms with van der Waals surface area (Å²) in [7, 11) is 1.45. The smallest absolute Gasteiger partial charge is 0.406 e. The van der Waals surface area contributed by atoms with Crippen molar-refractivity contribution >= 4 is 5.97 Å². The first-order valence-corrected chi connectivity index (χ1v) is 5.24. The van der Waals surface area contributed by atoms with Crippen LogP contribution < -0.4 is 5.43 Å². The third-order valence-corrected chi connectivity index (χ3v) is 2.85. The van der Waals surface area contributed by atoms with Gasteiger partial charge in [0.1, 0.15) is 18.1 Å². The van der Waals surface area contributed by atoms with Crippen LogP contribution in [0.1, 0.15) is 6.92 Å². The lowest BCUT2D eigenvalue weighted by atomic mass is 9.93. The van der Waals surface area contributed by atoms with Gasteiger partial charge in [-0.2, -0.15) is 13.2 Å². The molecule has 2 rings (SSSR count). The molecular formula is C9H13F3N2O3. The number of hydrogen-bond donors (Lipinski definition) is 1. The number of nitrogens with one attached hydrogen (secondary N) is 1. The normalized spacial score (nSPS) is 37.5. The Labute approximate surface area is 95.8 Å². The predicted molar refractivity (Wildman–Crippen MR) is 49.5 cm³/mol. The monoisotopic (exact) mass is 254 g/mol. The van der Waals surface area contributed by atoms with Gasteiger partial charge in [0.25, 0.3) is 0 Å². The van der Waals surface area contributed by atoms with E-state index >= 15 is 0 Å². The van der Waals surface area contributed by atoms with Crippen LogP contribution in [0.25, 0.3) is 0 Å². The van der Waals surface area contributed by atoms with E-state index in [1.165, 1.54) is 12.1 Å². The van der Waals surface area contributed by atoms with Crippen LogP contribution in [0.15, 0.2) is 0 Å². The standard InChI is InChI=1S/C9H13F3N2O3/c1-3-16-8(15)4-5-7(17-5)14(2)13-6(4)9(10,11)12/h4-7,13H,3H2,1-2H3. The lowest BCUT2D eigenvalue weighted by molar-refractivity contribution is -0.196. The Morgan fingerprint density at radius 2 is 2.18 bits per heavy atom. The Kier molecular flexibility index (Phi) is 3.04. The second-order valence-electron chi connectivity index (χ2n) is 4.03. The molecule has 0 amide bonds. The topological polar surface area (TPSA) is 54.1 Å². The number of carbonyl (C=O) groups excluding carboxylic acids is 1. The lowest BCUT2D eigenvalue weighted by Crippen LogP contribution is -2.62. The number of halogens is 3. The second-order valence-corrected chi connectivity index (χ2v) is 4.03. The molecule has 98 valence electrons. The van der Waals surface area contributed by atoms with Crippen LogP contribution in [0.4, 0.5) is 13.2 Å². The zero-order valence-corrected chi connectivity index (χ0v) is 9.32. The first-order valence-electron chi connectivity index (χ1n) is 5.24. The van der Waals surface area contributed by atoms with Crippen molar-refractivity contribution < 1.29 is 27.4 Å².